The first-order valence-electron chi connectivity index (χ1n) is 8.25. The highest BCUT2D eigenvalue weighted by atomic mass is 16.2. The standard InChI is InChI=1S/C19H15N5O/c25-19(16-11-20-13-5-1-2-6-14(13)21-16)23-9-10-24-17-8-4-3-7-15(17)22-18(24)12-23/h1-8,11H,9-10,12H2. The Morgan fingerprint density at radius 1 is 0.880 bits per heavy atom. The Bertz CT molecular complexity index is 1120. The highest BCUT2D eigenvalue weighted by Gasteiger charge is 2.25. The molecule has 0 bridgehead atoms. The molecule has 4 aromatic rings. The predicted octanol–water partition coefficient (Wildman–Crippen LogP) is 2.64. The van der Waals surface area contributed by atoms with Crippen molar-refractivity contribution in [1.29, 1.82) is 0 Å². The highest BCUT2D eigenvalue weighted by molar-refractivity contribution is 5.94. The number of rotatable bonds is 1. The monoisotopic (exact) mass is 329 g/mol. The lowest BCUT2D eigenvalue weighted by Gasteiger charge is -2.27. The molecular weight excluding hydrogens is 314 g/mol. The molecule has 0 unspecified atom stereocenters. The number of hydrogen-bond donors (Lipinski definition) is 0. The number of imidazole rings is 1. The molecule has 0 spiro atoms. The van der Waals surface area contributed by atoms with Gasteiger partial charge in [-0.2, -0.15) is 0 Å². The third-order valence-corrected chi connectivity index (χ3v) is 4.61. The number of para-hydroxylation sites is 4. The molecule has 1 aliphatic rings. The fraction of sp³-hybridized carbons (Fsp3) is 0.158. The van der Waals surface area contributed by atoms with E-state index in [1.807, 2.05) is 42.5 Å². The summed E-state index contributed by atoms with van der Waals surface area (Å²) in [6.07, 6.45) is 1.56. The minimum atomic E-state index is -0.100. The Hall–Kier alpha value is -3.28. The van der Waals surface area contributed by atoms with E-state index >= 15 is 0 Å². The van der Waals surface area contributed by atoms with Crippen LogP contribution < -0.4 is 0 Å². The summed E-state index contributed by atoms with van der Waals surface area (Å²) in [6.45, 7) is 1.87. The maximum Gasteiger partial charge on any atom is 0.274 e. The Labute approximate surface area is 143 Å². The largest absolute Gasteiger partial charge is 0.328 e. The third kappa shape index (κ3) is 2.26. The smallest absolute Gasteiger partial charge is 0.274 e. The van der Waals surface area contributed by atoms with Crippen molar-refractivity contribution in [3.63, 3.8) is 0 Å². The summed E-state index contributed by atoms with van der Waals surface area (Å²) in [5.74, 6) is 0.811. The second-order valence-electron chi connectivity index (χ2n) is 6.14. The molecule has 0 aliphatic carbocycles. The van der Waals surface area contributed by atoms with E-state index in [0.717, 1.165) is 34.4 Å². The fourth-order valence-corrected chi connectivity index (χ4v) is 3.36. The molecular formula is C19H15N5O. The van der Waals surface area contributed by atoms with Crippen molar-refractivity contribution in [3.8, 4) is 0 Å². The molecule has 122 valence electrons. The first-order chi connectivity index (χ1) is 12.3. The van der Waals surface area contributed by atoms with Gasteiger partial charge in [0.25, 0.3) is 5.91 Å². The van der Waals surface area contributed by atoms with Crippen LogP contribution >= 0.6 is 0 Å². The maximum atomic E-state index is 12.9. The second-order valence-corrected chi connectivity index (χ2v) is 6.14. The van der Waals surface area contributed by atoms with Gasteiger partial charge in [0.1, 0.15) is 11.5 Å². The molecule has 1 amide bonds. The number of nitrogens with zero attached hydrogens (tertiary/aromatic N) is 5. The SMILES string of the molecule is O=C(c1cnc2ccccc2n1)N1CCn2c(nc3ccccc32)C1. The quantitative estimate of drug-likeness (QED) is 0.538. The summed E-state index contributed by atoms with van der Waals surface area (Å²) in [5, 5.41) is 0. The summed E-state index contributed by atoms with van der Waals surface area (Å²) in [7, 11) is 0. The molecule has 2 aromatic carbocycles. The van der Waals surface area contributed by atoms with Crippen LogP contribution in [-0.4, -0.2) is 36.9 Å². The highest BCUT2D eigenvalue weighted by Crippen LogP contribution is 2.21. The first-order valence-corrected chi connectivity index (χ1v) is 8.25. The molecule has 6 nitrogen and oxygen atoms in total. The number of aromatic nitrogens is 4. The molecule has 0 saturated carbocycles. The normalized spacial score (nSPS) is 14.0. The number of amides is 1. The molecule has 25 heavy (non-hydrogen) atoms. The lowest BCUT2D eigenvalue weighted by Crippen LogP contribution is -2.38. The Morgan fingerprint density at radius 3 is 2.52 bits per heavy atom. The lowest BCUT2D eigenvalue weighted by molar-refractivity contribution is 0.0703. The van der Waals surface area contributed by atoms with E-state index in [9.17, 15) is 4.79 Å². The zero-order valence-corrected chi connectivity index (χ0v) is 13.5. The van der Waals surface area contributed by atoms with Crippen LogP contribution in [0.25, 0.3) is 22.1 Å². The van der Waals surface area contributed by atoms with E-state index in [1.54, 1.807) is 11.1 Å². The van der Waals surface area contributed by atoms with Crippen molar-refractivity contribution < 1.29 is 4.79 Å². The van der Waals surface area contributed by atoms with Crippen LogP contribution in [0.3, 0.4) is 0 Å². The van der Waals surface area contributed by atoms with E-state index in [0.29, 0.717) is 18.8 Å². The molecule has 3 heterocycles. The Morgan fingerprint density at radius 2 is 1.64 bits per heavy atom. The van der Waals surface area contributed by atoms with Crippen LogP contribution in [0.4, 0.5) is 0 Å². The van der Waals surface area contributed by atoms with Crippen molar-refractivity contribution in [3.05, 3.63) is 66.2 Å². The summed E-state index contributed by atoms with van der Waals surface area (Å²) < 4.78 is 2.19. The van der Waals surface area contributed by atoms with Gasteiger partial charge in [-0.25, -0.2) is 9.97 Å². The number of benzene rings is 2. The van der Waals surface area contributed by atoms with Crippen LogP contribution in [0.15, 0.2) is 54.7 Å². The predicted molar refractivity (Wildman–Crippen MR) is 94.0 cm³/mol. The maximum absolute atomic E-state index is 12.9. The van der Waals surface area contributed by atoms with E-state index in [1.165, 1.54) is 0 Å². The average molecular weight is 329 g/mol. The van der Waals surface area contributed by atoms with Crippen molar-refractivity contribution in [2.75, 3.05) is 6.54 Å². The van der Waals surface area contributed by atoms with E-state index in [4.69, 9.17) is 0 Å². The lowest BCUT2D eigenvalue weighted by atomic mass is 10.2. The molecule has 0 radical (unpaired) electrons. The van der Waals surface area contributed by atoms with Crippen LogP contribution in [-0.2, 0) is 13.1 Å². The molecule has 0 atom stereocenters. The number of carbonyl (C=O) groups excluding carboxylic acids is 1. The van der Waals surface area contributed by atoms with Gasteiger partial charge in [0.2, 0.25) is 0 Å². The van der Waals surface area contributed by atoms with Crippen molar-refractivity contribution in [2.24, 2.45) is 0 Å². The summed E-state index contributed by atoms with van der Waals surface area (Å²) in [6, 6.07) is 15.6. The molecule has 0 fully saturated rings. The molecule has 0 saturated heterocycles. The summed E-state index contributed by atoms with van der Waals surface area (Å²) in [5.41, 5.74) is 3.99. The topological polar surface area (TPSA) is 63.9 Å². The summed E-state index contributed by atoms with van der Waals surface area (Å²) in [4.78, 5) is 28.1. The van der Waals surface area contributed by atoms with Crippen molar-refractivity contribution >= 4 is 28.0 Å². The Balaban J connectivity index is 1.48. The van der Waals surface area contributed by atoms with Gasteiger partial charge in [0.15, 0.2) is 0 Å². The van der Waals surface area contributed by atoms with Gasteiger partial charge >= 0.3 is 0 Å². The van der Waals surface area contributed by atoms with Gasteiger partial charge in [-0.15, -0.1) is 0 Å². The van der Waals surface area contributed by atoms with Gasteiger partial charge in [0.05, 0.1) is 34.8 Å². The van der Waals surface area contributed by atoms with Gasteiger partial charge in [-0.1, -0.05) is 24.3 Å². The first kappa shape index (κ1) is 14.1. The van der Waals surface area contributed by atoms with E-state index in [2.05, 4.69) is 25.6 Å². The summed E-state index contributed by atoms with van der Waals surface area (Å²) >= 11 is 0. The minimum Gasteiger partial charge on any atom is -0.328 e. The van der Waals surface area contributed by atoms with Gasteiger partial charge in [-0.05, 0) is 24.3 Å². The Kier molecular flexibility index (Phi) is 3.03. The van der Waals surface area contributed by atoms with Crippen molar-refractivity contribution in [2.45, 2.75) is 13.1 Å². The van der Waals surface area contributed by atoms with Crippen LogP contribution in [0.1, 0.15) is 16.3 Å². The van der Waals surface area contributed by atoms with E-state index < -0.39 is 0 Å². The van der Waals surface area contributed by atoms with Crippen molar-refractivity contribution in [1.82, 2.24) is 24.4 Å². The molecule has 5 rings (SSSR count). The molecule has 0 N–H and O–H groups in total. The zero-order chi connectivity index (χ0) is 16.8. The van der Waals surface area contributed by atoms with Gasteiger partial charge < -0.3 is 9.47 Å². The van der Waals surface area contributed by atoms with Crippen LogP contribution in [0.5, 0.6) is 0 Å². The number of hydrogen-bond acceptors (Lipinski definition) is 4. The minimum absolute atomic E-state index is 0.100. The average Bonchev–Trinajstić information content (AvgIpc) is 3.04. The molecule has 1 aliphatic heterocycles. The van der Waals surface area contributed by atoms with Gasteiger partial charge in [-0.3, -0.25) is 9.78 Å². The number of fused-ring (bicyclic) bond motifs is 4. The molecule has 6 heteroatoms. The zero-order valence-electron chi connectivity index (χ0n) is 13.5. The van der Waals surface area contributed by atoms with Gasteiger partial charge in [0, 0.05) is 13.1 Å². The van der Waals surface area contributed by atoms with Crippen LogP contribution in [0.2, 0.25) is 0 Å². The number of carbonyl (C=O) groups is 1. The fourth-order valence-electron chi connectivity index (χ4n) is 3.36. The molecule has 2 aromatic heterocycles. The second kappa shape index (κ2) is 5.37. The van der Waals surface area contributed by atoms with E-state index in [-0.39, 0.29) is 5.91 Å². The van der Waals surface area contributed by atoms with Crippen LogP contribution in [0, 0.1) is 0 Å². The third-order valence-electron chi connectivity index (χ3n) is 4.61.